The van der Waals surface area contributed by atoms with Crippen molar-refractivity contribution >= 4 is 6.09 Å². The molecule has 7 heteroatoms. The SMILES string of the molecule is CC(C)(C)OC(=O)N1CCNCC1.OC1([C@@H]2CCCCN2)CNC1. The van der Waals surface area contributed by atoms with Crippen molar-refractivity contribution in [3.8, 4) is 0 Å². The normalized spacial score (nSPS) is 26.7. The van der Waals surface area contributed by atoms with Crippen LogP contribution in [0.15, 0.2) is 0 Å². The van der Waals surface area contributed by atoms with E-state index in [-0.39, 0.29) is 11.7 Å². The van der Waals surface area contributed by atoms with Crippen molar-refractivity contribution in [2.45, 2.75) is 57.3 Å². The number of β-amino-alcohol motifs (C(OH)–C–C–N with tert-alkyl or cyclic N) is 1. The van der Waals surface area contributed by atoms with Gasteiger partial charge in [0.15, 0.2) is 0 Å². The molecule has 3 fully saturated rings. The first kappa shape index (κ1) is 19.4. The number of ether oxygens (including phenoxy) is 1. The summed E-state index contributed by atoms with van der Waals surface area (Å²) < 4.78 is 5.24. The number of aliphatic hydroxyl groups is 1. The van der Waals surface area contributed by atoms with Gasteiger partial charge in [-0.15, -0.1) is 0 Å². The number of nitrogens with one attached hydrogen (secondary N) is 3. The number of carbonyl (C=O) groups is 1. The molecule has 1 atom stereocenters. The van der Waals surface area contributed by atoms with E-state index in [1.807, 2.05) is 20.8 Å². The largest absolute Gasteiger partial charge is 0.444 e. The second-order valence-corrected chi connectivity index (χ2v) is 7.93. The molecule has 0 aromatic heterocycles. The maximum Gasteiger partial charge on any atom is 0.410 e. The Morgan fingerprint density at radius 1 is 1.12 bits per heavy atom. The van der Waals surface area contributed by atoms with Crippen LogP contribution < -0.4 is 16.0 Å². The van der Waals surface area contributed by atoms with Gasteiger partial charge in [-0.05, 0) is 40.2 Å². The third-order valence-corrected chi connectivity index (χ3v) is 4.59. The van der Waals surface area contributed by atoms with E-state index >= 15 is 0 Å². The highest BCUT2D eigenvalue weighted by Crippen LogP contribution is 2.22. The number of amides is 1. The summed E-state index contributed by atoms with van der Waals surface area (Å²) in [6, 6.07) is 0.345. The summed E-state index contributed by atoms with van der Waals surface area (Å²) in [5, 5.41) is 19.6. The first-order valence-electron chi connectivity index (χ1n) is 9.15. The molecule has 0 aromatic carbocycles. The van der Waals surface area contributed by atoms with E-state index in [1.165, 1.54) is 12.8 Å². The van der Waals surface area contributed by atoms with Gasteiger partial charge in [0.05, 0.1) is 0 Å². The van der Waals surface area contributed by atoms with E-state index in [4.69, 9.17) is 4.74 Å². The first-order valence-corrected chi connectivity index (χ1v) is 9.15. The molecule has 3 heterocycles. The summed E-state index contributed by atoms with van der Waals surface area (Å²) in [4.78, 5) is 13.2. The third kappa shape index (κ3) is 5.88. The fourth-order valence-corrected chi connectivity index (χ4v) is 3.11. The quantitative estimate of drug-likeness (QED) is 0.548. The Labute approximate surface area is 145 Å². The van der Waals surface area contributed by atoms with Crippen LogP contribution in [0, 0.1) is 0 Å². The Kier molecular flexibility index (Phi) is 6.86. The Hall–Kier alpha value is -0.890. The van der Waals surface area contributed by atoms with Gasteiger partial charge in [-0.1, -0.05) is 6.42 Å². The lowest BCUT2D eigenvalue weighted by Crippen LogP contribution is -2.69. The van der Waals surface area contributed by atoms with Crippen molar-refractivity contribution < 1.29 is 14.6 Å². The maximum absolute atomic E-state index is 11.5. The molecule has 24 heavy (non-hydrogen) atoms. The number of piperazine rings is 1. The van der Waals surface area contributed by atoms with Crippen LogP contribution in [0.2, 0.25) is 0 Å². The van der Waals surface area contributed by atoms with Crippen LogP contribution >= 0.6 is 0 Å². The highest BCUT2D eigenvalue weighted by atomic mass is 16.6. The summed E-state index contributed by atoms with van der Waals surface area (Å²) in [5.74, 6) is 0. The first-order chi connectivity index (χ1) is 11.3. The van der Waals surface area contributed by atoms with Crippen molar-refractivity contribution in [2.24, 2.45) is 0 Å². The van der Waals surface area contributed by atoms with E-state index in [9.17, 15) is 9.90 Å². The van der Waals surface area contributed by atoms with E-state index < -0.39 is 5.60 Å². The molecule has 0 aliphatic carbocycles. The number of nitrogens with zero attached hydrogens (tertiary/aromatic N) is 1. The van der Waals surface area contributed by atoms with Crippen molar-refractivity contribution in [1.29, 1.82) is 0 Å². The summed E-state index contributed by atoms with van der Waals surface area (Å²) >= 11 is 0. The molecule has 3 aliphatic rings. The molecule has 0 bridgehead atoms. The van der Waals surface area contributed by atoms with Crippen LogP contribution in [0.1, 0.15) is 40.0 Å². The minimum Gasteiger partial charge on any atom is -0.444 e. The van der Waals surface area contributed by atoms with Gasteiger partial charge in [-0.2, -0.15) is 0 Å². The lowest BCUT2D eigenvalue weighted by Gasteiger charge is -2.45. The van der Waals surface area contributed by atoms with E-state index in [0.29, 0.717) is 6.04 Å². The van der Waals surface area contributed by atoms with Crippen molar-refractivity contribution in [1.82, 2.24) is 20.9 Å². The topological polar surface area (TPSA) is 85.9 Å². The molecule has 0 spiro atoms. The fourth-order valence-electron chi connectivity index (χ4n) is 3.11. The van der Waals surface area contributed by atoms with Crippen molar-refractivity contribution in [2.75, 3.05) is 45.8 Å². The molecule has 3 rings (SSSR count). The van der Waals surface area contributed by atoms with Crippen LogP contribution in [0.5, 0.6) is 0 Å². The fraction of sp³-hybridized carbons (Fsp3) is 0.941. The molecule has 3 aliphatic heterocycles. The van der Waals surface area contributed by atoms with Crippen LogP contribution in [0.3, 0.4) is 0 Å². The monoisotopic (exact) mass is 342 g/mol. The molecule has 0 saturated carbocycles. The lowest BCUT2D eigenvalue weighted by atomic mass is 9.83. The third-order valence-electron chi connectivity index (χ3n) is 4.59. The average molecular weight is 342 g/mol. The van der Waals surface area contributed by atoms with Gasteiger partial charge in [0, 0.05) is 45.3 Å². The second kappa shape index (κ2) is 8.47. The average Bonchev–Trinajstić information content (AvgIpc) is 2.53. The number of hydrogen-bond donors (Lipinski definition) is 4. The van der Waals surface area contributed by atoms with Crippen LogP contribution in [-0.4, -0.2) is 79.2 Å². The summed E-state index contributed by atoms with van der Waals surface area (Å²) in [7, 11) is 0. The van der Waals surface area contributed by atoms with Gasteiger partial charge in [-0.3, -0.25) is 0 Å². The Balaban J connectivity index is 0.000000175. The Morgan fingerprint density at radius 3 is 2.25 bits per heavy atom. The zero-order chi connectivity index (χ0) is 17.6. The van der Waals surface area contributed by atoms with Crippen LogP contribution in [-0.2, 0) is 4.74 Å². The van der Waals surface area contributed by atoms with Gasteiger partial charge in [-0.25, -0.2) is 4.79 Å². The van der Waals surface area contributed by atoms with Crippen molar-refractivity contribution in [3.63, 3.8) is 0 Å². The molecule has 4 N–H and O–H groups in total. The van der Waals surface area contributed by atoms with E-state index in [1.54, 1.807) is 4.90 Å². The van der Waals surface area contributed by atoms with Gasteiger partial charge >= 0.3 is 6.09 Å². The standard InChI is InChI=1S/C9H18N2O2.C8H16N2O/c1-9(2,3)13-8(12)11-6-4-10-5-7-11;11-8(5-9-6-8)7-3-1-2-4-10-7/h10H,4-7H2,1-3H3;7,9-11H,1-6H2/t;7-/m.0/s1. The lowest BCUT2D eigenvalue weighted by molar-refractivity contribution is -0.0495. The highest BCUT2D eigenvalue weighted by molar-refractivity contribution is 5.68. The Morgan fingerprint density at radius 2 is 1.79 bits per heavy atom. The highest BCUT2D eigenvalue weighted by Gasteiger charge is 2.42. The molecule has 1 amide bonds. The van der Waals surface area contributed by atoms with E-state index in [2.05, 4.69) is 16.0 Å². The second-order valence-electron chi connectivity index (χ2n) is 7.93. The van der Waals surface area contributed by atoms with Crippen LogP contribution in [0.25, 0.3) is 0 Å². The molecule has 0 unspecified atom stereocenters. The minimum atomic E-state index is -0.430. The zero-order valence-electron chi connectivity index (χ0n) is 15.4. The molecular formula is C17H34N4O3. The number of hydrogen-bond acceptors (Lipinski definition) is 6. The number of rotatable bonds is 1. The molecule has 7 nitrogen and oxygen atoms in total. The van der Waals surface area contributed by atoms with E-state index in [0.717, 1.165) is 52.2 Å². The number of carbonyl (C=O) groups excluding carboxylic acids is 1. The summed E-state index contributed by atoms with van der Waals surface area (Å²) in [6.07, 6.45) is 3.46. The maximum atomic E-state index is 11.5. The zero-order valence-corrected chi connectivity index (χ0v) is 15.4. The summed E-state index contributed by atoms with van der Waals surface area (Å²) in [5.41, 5.74) is -0.817. The number of piperidine rings is 1. The van der Waals surface area contributed by atoms with Gasteiger partial charge in [0.1, 0.15) is 11.2 Å². The molecular weight excluding hydrogens is 308 g/mol. The smallest absolute Gasteiger partial charge is 0.410 e. The van der Waals surface area contributed by atoms with Crippen LogP contribution in [0.4, 0.5) is 4.79 Å². The van der Waals surface area contributed by atoms with Gasteiger partial charge < -0.3 is 30.7 Å². The molecule has 3 saturated heterocycles. The minimum absolute atomic E-state index is 0.200. The molecule has 0 radical (unpaired) electrons. The molecule has 0 aromatic rings. The van der Waals surface area contributed by atoms with Gasteiger partial charge in [0.25, 0.3) is 0 Å². The predicted octanol–water partition coefficient (Wildman–Crippen LogP) is 0.290. The predicted molar refractivity (Wildman–Crippen MR) is 94.1 cm³/mol. The van der Waals surface area contributed by atoms with Gasteiger partial charge in [0.2, 0.25) is 0 Å². The summed E-state index contributed by atoms with van der Waals surface area (Å²) in [6.45, 7) is 11.5. The van der Waals surface area contributed by atoms with Crippen molar-refractivity contribution in [3.05, 3.63) is 0 Å². The molecule has 140 valence electrons. The Bertz CT molecular complexity index is 395.